The van der Waals surface area contributed by atoms with Crippen molar-refractivity contribution in [2.24, 2.45) is 11.8 Å². The largest absolute Gasteiger partial charge is 0.494 e. The topological polar surface area (TPSA) is 84.7 Å². The lowest BCUT2D eigenvalue weighted by molar-refractivity contribution is -0.126. The number of hydrogen-bond donors (Lipinski definition) is 2. The van der Waals surface area contributed by atoms with Crippen LogP contribution in [0.25, 0.3) is 0 Å². The molecule has 2 amide bonds. The van der Waals surface area contributed by atoms with E-state index in [1.165, 1.54) is 0 Å². The minimum absolute atomic E-state index is 0.0715. The molecule has 1 unspecified atom stereocenters. The third-order valence-electron chi connectivity index (χ3n) is 3.10. The zero-order chi connectivity index (χ0) is 13.8. The van der Waals surface area contributed by atoms with E-state index in [1.807, 2.05) is 31.2 Å². The van der Waals surface area contributed by atoms with Crippen molar-refractivity contribution >= 4 is 17.5 Å². The number of carbonyl (C=O) groups is 2. The molecule has 1 aliphatic heterocycles. The first-order valence-corrected chi connectivity index (χ1v) is 6.19. The Balaban J connectivity index is 2.09. The Morgan fingerprint density at radius 2 is 2.16 bits per heavy atom. The Labute approximate surface area is 111 Å². The van der Waals surface area contributed by atoms with Crippen molar-refractivity contribution in [2.75, 3.05) is 18.1 Å². The zero-order valence-electron chi connectivity index (χ0n) is 10.8. The first-order valence-electron chi connectivity index (χ1n) is 6.19. The number of anilines is 1. The highest BCUT2D eigenvalue weighted by atomic mass is 16.5. The molecule has 0 spiro atoms. The van der Waals surface area contributed by atoms with Crippen LogP contribution in [0.2, 0.25) is 0 Å². The van der Waals surface area contributed by atoms with Gasteiger partial charge in [0.15, 0.2) is 0 Å². The van der Waals surface area contributed by atoms with Gasteiger partial charge in [0.25, 0.3) is 0 Å². The van der Waals surface area contributed by atoms with E-state index in [1.54, 1.807) is 4.90 Å². The molecule has 0 bridgehead atoms. The van der Waals surface area contributed by atoms with Gasteiger partial charge in [0, 0.05) is 18.7 Å². The average molecular weight is 263 g/mol. The van der Waals surface area contributed by atoms with Crippen LogP contribution in [0, 0.1) is 5.92 Å². The smallest absolute Gasteiger partial charge is 0.239 e. The van der Waals surface area contributed by atoms with E-state index < -0.39 is 0 Å². The first kappa shape index (κ1) is 13.4. The van der Waals surface area contributed by atoms with Gasteiger partial charge in [0.1, 0.15) is 5.75 Å². The fourth-order valence-electron chi connectivity index (χ4n) is 2.14. The quantitative estimate of drug-likeness (QED) is 0.468. The maximum absolute atomic E-state index is 11.9. The van der Waals surface area contributed by atoms with E-state index >= 15 is 0 Å². The van der Waals surface area contributed by atoms with Crippen LogP contribution in [-0.4, -0.2) is 25.0 Å². The highest BCUT2D eigenvalue weighted by Crippen LogP contribution is 2.26. The predicted octanol–water partition coefficient (Wildman–Crippen LogP) is 0.428. The summed E-state index contributed by atoms with van der Waals surface area (Å²) in [4.78, 5) is 24.9. The molecule has 1 atom stereocenters. The summed E-state index contributed by atoms with van der Waals surface area (Å²) in [5.74, 6) is 5.09. The number of rotatable bonds is 4. The molecule has 1 aliphatic rings. The van der Waals surface area contributed by atoms with Crippen LogP contribution in [0.3, 0.4) is 0 Å². The summed E-state index contributed by atoms with van der Waals surface area (Å²) in [6.07, 6.45) is 0.191. The minimum atomic E-state index is -0.385. The van der Waals surface area contributed by atoms with Gasteiger partial charge in [-0.05, 0) is 31.2 Å². The second-order valence-corrected chi connectivity index (χ2v) is 4.34. The van der Waals surface area contributed by atoms with E-state index in [9.17, 15) is 9.59 Å². The molecule has 1 saturated heterocycles. The molecule has 1 fully saturated rings. The van der Waals surface area contributed by atoms with Crippen LogP contribution >= 0.6 is 0 Å². The standard InChI is InChI=1S/C13H17N3O3/c1-2-19-11-5-3-10(4-6-11)16-8-9(7-12(16)17)13(18)15-14/h3-6,9H,2,7-8,14H2,1H3,(H,15,18). The number of hydrazine groups is 1. The minimum Gasteiger partial charge on any atom is -0.494 e. The zero-order valence-corrected chi connectivity index (χ0v) is 10.8. The summed E-state index contributed by atoms with van der Waals surface area (Å²) in [6, 6.07) is 7.24. The number of amides is 2. The second kappa shape index (κ2) is 5.71. The van der Waals surface area contributed by atoms with Gasteiger partial charge in [0.2, 0.25) is 11.8 Å². The first-order chi connectivity index (χ1) is 9.15. The Kier molecular flexibility index (Phi) is 4.01. The van der Waals surface area contributed by atoms with E-state index in [0.717, 1.165) is 11.4 Å². The lowest BCUT2D eigenvalue weighted by Crippen LogP contribution is -2.37. The lowest BCUT2D eigenvalue weighted by atomic mass is 10.1. The maximum Gasteiger partial charge on any atom is 0.239 e. The van der Waals surface area contributed by atoms with E-state index in [4.69, 9.17) is 10.6 Å². The van der Waals surface area contributed by atoms with Crippen molar-refractivity contribution < 1.29 is 14.3 Å². The molecule has 0 aliphatic carbocycles. The highest BCUT2D eigenvalue weighted by Gasteiger charge is 2.34. The third kappa shape index (κ3) is 2.85. The number of ether oxygens (including phenoxy) is 1. The van der Waals surface area contributed by atoms with Crippen molar-refractivity contribution in [1.29, 1.82) is 0 Å². The fourth-order valence-corrected chi connectivity index (χ4v) is 2.14. The van der Waals surface area contributed by atoms with Crippen LogP contribution in [0.15, 0.2) is 24.3 Å². The van der Waals surface area contributed by atoms with Crippen molar-refractivity contribution in [3.8, 4) is 5.75 Å². The molecule has 2 rings (SSSR count). The van der Waals surface area contributed by atoms with Crippen LogP contribution < -0.4 is 20.9 Å². The molecular weight excluding hydrogens is 246 g/mol. The van der Waals surface area contributed by atoms with E-state index in [0.29, 0.717) is 13.2 Å². The Morgan fingerprint density at radius 3 is 2.74 bits per heavy atom. The van der Waals surface area contributed by atoms with Gasteiger partial charge in [-0.15, -0.1) is 0 Å². The Hall–Kier alpha value is -2.08. The molecule has 3 N–H and O–H groups in total. The SMILES string of the molecule is CCOc1ccc(N2CC(C(=O)NN)CC2=O)cc1. The average Bonchev–Trinajstić information content (AvgIpc) is 2.81. The normalized spacial score (nSPS) is 18.5. The molecule has 6 nitrogen and oxygen atoms in total. The number of benzene rings is 1. The molecular formula is C13H17N3O3. The van der Waals surface area contributed by atoms with Gasteiger partial charge in [0.05, 0.1) is 12.5 Å². The second-order valence-electron chi connectivity index (χ2n) is 4.34. The number of nitrogens with one attached hydrogen (secondary N) is 1. The van der Waals surface area contributed by atoms with Crippen LogP contribution in [-0.2, 0) is 9.59 Å². The van der Waals surface area contributed by atoms with E-state index in [-0.39, 0.29) is 24.2 Å². The molecule has 1 aromatic carbocycles. The number of nitrogens with zero attached hydrogens (tertiary/aromatic N) is 1. The van der Waals surface area contributed by atoms with Gasteiger partial charge in [-0.25, -0.2) is 5.84 Å². The van der Waals surface area contributed by atoms with Crippen molar-refractivity contribution in [1.82, 2.24) is 5.43 Å². The summed E-state index contributed by atoms with van der Waals surface area (Å²) in [7, 11) is 0. The van der Waals surface area contributed by atoms with Gasteiger partial charge < -0.3 is 9.64 Å². The molecule has 19 heavy (non-hydrogen) atoms. The summed E-state index contributed by atoms with van der Waals surface area (Å²) in [5, 5.41) is 0. The maximum atomic E-state index is 11.9. The molecule has 102 valence electrons. The summed E-state index contributed by atoms with van der Waals surface area (Å²) in [6.45, 7) is 2.87. The highest BCUT2D eigenvalue weighted by molar-refractivity contribution is 6.00. The summed E-state index contributed by atoms with van der Waals surface area (Å²) < 4.78 is 5.34. The summed E-state index contributed by atoms with van der Waals surface area (Å²) >= 11 is 0. The molecule has 0 saturated carbocycles. The van der Waals surface area contributed by atoms with Crippen LogP contribution in [0.5, 0.6) is 5.75 Å². The van der Waals surface area contributed by atoms with Crippen LogP contribution in [0.4, 0.5) is 5.69 Å². The van der Waals surface area contributed by atoms with Gasteiger partial charge in [-0.3, -0.25) is 15.0 Å². The van der Waals surface area contributed by atoms with Gasteiger partial charge in [-0.1, -0.05) is 0 Å². The molecule has 1 aromatic rings. The van der Waals surface area contributed by atoms with Gasteiger partial charge in [-0.2, -0.15) is 0 Å². The number of nitrogens with two attached hydrogens (primary N) is 1. The van der Waals surface area contributed by atoms with E-state index in [2.05, 4.69) is 5.43 Å². The van der Waals surface area contributed by atoms with Crippen LogP contribution in [0.1, 0.15) is 13.3 Å². The molecule has 6 heteroatoms. The molecule has 0 aromatic heterocycles. The molecule has 1 heterocycles. The fraction of sp³-hybridized carbons (Fsp3) is 0.385. The monoisotopic (exact) mass is 263 g/mol. The Bertz CT molecular complexity index is 473. The van der Waals surface area contributed by atoms with Crippen molar-refractivity contribution in [2.45, 2.75) is 13.3 Å². The summed E-state index contributed by atoms with van der Waals surface area (Å²) in [5.41, 5.74) is 2.85. The number of hydrogen-bond acceptors (Lipinski definition) is 4. The third-order valence-corrected chi connectivity index (χ3v) is 3.10. The molecule has 0 radical (unpaired) electrons. The number of carbonyl (C=O) groups excluding carboxylic acids is 2. The Morgan fingerprint density at radius 1 is 1.47 bits per heavy atom. The predicted molar refractivity (Wildman–Crippen MR) is 70.4 cm³/mol. The van der Waals surface area contributed by atoms with Crippen molar-refractivity contribution in [3.63, 3.8) is 0 Å². The lowest BCUT2D eigenvalue weighted by Gasteiger charge is -2.16. The van der Waals surface area contributed by atoms with Crippen molar-refractivity contribution in [3.05, 3.63) is 24.3 Å². The van der Waals surface area contributed by atoms with Gasteiger partial charge >= 0.3 is 0 Å².